The molecule has 0 aliphatic heterocycles. The number of hydrogen-bond acceptors (Lipinski definition) is 2. The number of aliphatic hydroxyl groups is 1. The molecule has 0 radical (unpaired) electrons. The fourth-order valence-corrected chi connectivity index (χ4v) is 1.89. The minimum Gasteiger partial charge on any atom is -0.396 e. The van der Waals surface area contributed by atoms with E-state index in [0.717, 1.165) is 32.3 Å². The molecule has 0 bridgehead atoms. The van der Waals surface area contributed by atoms with Crippen molar-refractivity contribution < 1.29 is 9.84 Å². The van der Waals surface area contributed by atoms with Crippen LogP contribution in [0.25, 0.3) is 0 Å². The Morgan fingerprint density at radius 1 is 1.14 bits per heavy atom. The molecular formula is C12H26O2. The van der Waals surface area contributed by atoms with E-state index in [1.54, 1.807) is 7.11 Å². The largest absolute Gasteiger partial charge is 0.396 e. The SMILES string of the molecule is CCCCC(CC)(CO)CCCOC. The van der Waals surface area contributed by atoms with Crippen LogP contribution in [-0.2, 0) is 4.74 Å². The van der Waals surface area contributed by atoms with Crippen LogP contribution in [0.5, 0.6) is 0 Å². The van der Waals surface area contributed by atoms with E-state index in [2.05, 4.69) is 13.8 Å². The fraction of sp³-hybridized carbons (Fsp3) is 1.00. The number of unbranched alkanes of at least 4 members (excludes halogenated alkanes) is 1. The molecule has 0 heterocycles. The third kappa shape index (κ3) is 4.97. The van der Waals surface area contributed by atoms with Gasteiger partial charge in [0, 0.05) is 20.3 Å². The van der Waals surface area contributed by atoms with Crippen molar-refractivity contribution in [3.8, 4) is 0 Å². The summed E-state index contributed by atoms with van der Waals surface area (Å²) in [6, 6.07) is 0. The summed E-state index contributed by atoms with van der Waals surface area (Å²) in [6.45, 7) is 5.52. The summed E-state index contributed by atoms with van der Waals surface area (Å²) in [5, 5.41) is 9.46. The smallest absolute Gasteiger partial charge is 0.0487 e. The van der Waals surface area contributed by atoms with Gasteiger partial charge in [0.15, 0.2) is 0 Å². The quantitative estimate of drug-likeness (QED) is 0.582. The second-order valence-corrected chi connectivity index (χ2v) is 4.21. The Labute approximate surface area is 88.7 Å². The van der Waals surface area contributed by atoms with Crippen molar-refractivity contribution in [1.82, 2.24) is 0 Å². The molecular weight excluding hydrogens is 176 g/mol. The van der Waals surface area contributed by atoms with E-state index in [9.17, 15) is 5.11 Å². The Bertz CT molecular complexity index is 119. The van der Waals surface area contributed by atoms with Crippen molar-refractivity contribution in [2.75, 3.05) is 20.3 Å². The molecule has 86 valence electrons. The molecule has 0 amide bonds. The van der Waals surface area contributed by atoms with E-state index in [4.69, 9.17) is 4.74 Å². The van der Waals surface area contributed by atoms with Crippen LogP contribution in [0, 0.1) is 5.41 Å². The highest BCUT2D eigenvalue weighted by Crippen LogP contribution is 2.33. The van der Waals surface area contributed by atoms with E-state index in [1.165, 1.54) is 12.8 Å². The summed E-state index contributed by atoms with van der Waals surface area (Å²) in [4.78, 5) is 0. The maximum absolute atomic E-state index is 9.46. The zero-order chi connectivity index (χ0) is 10.9. The molecule has 0 fully saturated rings. The lowest BCUT2D eigenvalue weighted by molar-refractivity contribution is 0.0831. The minimum absolute atomic E-state index is 0.161. The number of methoxy groups -OCH3 is 1. The molecule has 14 heavy (non-hydrogen) atoms. The molecule has 1 atom stereocenters. The molecule has 0 rings (SSSR count). The van der Waals surface area contributed by atoms with Crippen molar-refractivity contribution >= 4 is 0 Å². The van der Waals surface area contributed by atoms with Gasteiger partial charge in [-0.15, -0.1) is 0 Å². The molecule has 2 nitrogen and oxygen atoms in total. The van der Waals surface area contributed by atoms with Gasteiger partial charge in [-0.05, 0) is 31.1 Å². The van der Waals surface area contributed by atoms with Crippen LogP contribution >= 0.6 is 0 Å². The van der Waals surface area contributed by atoms with E-state index in [-0.39, 0.29) is 5.41 Å². The number of hydrogen-bond donors (Lipinski definition) is 1. The van der Waals surface area contributed by atoms with E-state index < -0.39 is 0 Å². The average molecular weight is 202 g/mol. The first-order chi connectivity index (χ1) is 6.74. The molecule has 0 aliphatic carbocycles. The highest BCUT2D eigenvalue weighted by atomic mass is 16.5. The summed E-state index contributed by atoms with van der Waals surface area (Å²) >= 11 is 0. The van der Waals surface area contributed by atoms with Crippen LogP contribution in [0.1, 0.15) is 52.4 Å². The Morgan fingerprint density at radius 3 is 2.21 bits per heavy atom. The van der Waals surface area contributed by atoms with Crippen LogP contribution in [0.15, 0.2) is 0 Å². The van der Waals surface area contributed by atoms with Gasteiger partial charge in [-0.2, -0.15) is 0 Å². The summed E-state index contributed by atoms with van der Waals surface area (Å²) in [6.07, 6.45) is 6.82. The topological polar surface area (TPSA) is 29.5 Å². The van der Waals surface area contributed by atoms with Crippen LogP contribution in [0.4, 0.5) is 0 Å². The van der Waals surface area contributed by atoms with Gasteiger partial charge in [-0.1, -0.05) is 26.7 Å². The monoisotopic (exact) mass is 202 g/mol. The van der Waals surface area contributed by atoms with Crippen LogP contribution < -0.4 is 0 Å². The van der Waals surface area contributed by atoms with Crippen LogP contribution in [0.2, 0.25) is 0 Å². The van der Waals surface area contributed by atoms with E-state index in [0.29, 0.717) is 6.61 Å². The predicted octanol–water partition coefficient (Wildman–Crippen LogP) is 2.99. The Hall–Kier alpha value is -0.0800. The second kappa shape index (κ2) is 8.25. The second-order valence-electron chi connectivity index (χ2n) is 4.21. The maximum Gasteiger partial charge on any atom is 0.0487 e. The molecule has 1 unspecified atom stereocenters. The van der Waals surface area contributed by atoms with Gasteiger partial charge in [0.05, 0.1) is 0 Å². The van der Waals surface area contributed by atoms with Gasteiger partial charge < -0.3 is 9.84 Å². The molecule has 0 saturated heterocycles. The van der Waals surface area contributed by atoms with Gasteiger partial charge in [0.1, 0.15) is 0 Å². The Kier molecular flexibility index (Phi) is 8.20. The van der Waals surface area contributed by atoms with E-state index >= 15 is 0 Å². The van der Waals surface area contributed by atoms with E-state index in [1.807, 2.05) is 0 Å². The first-order valence-electron chi connectivity index (χ1n) is 5.84. The standard InChI is InChI=1S/C12H26O2/c1-4-6-8-12(5-2,11-13)9-7-10-14-3/h13H,4-11H2,1-3H3. The summed E-state index contributed by atoms with van der Waals surface area (Å²) < 4.78 is 5.05. The lowest BCUT2D eigenvalue weighted by Gasteiger charge is -2.30. The highest BCUT2D eigenvalue weighted by Gasteiger charge is 2.25. The predicted molar refractivity (Wildman–Crippen MR) is 60.4 cm³/mol. The van der Waals surface area contributed by atoms with Crippen molar-refractivity contribution in [2.45, 2.75) is 52.4 Å². The number of aliphatic hydroxyl groups excluding tert-OH is 1. The fourth-order valence-electron chi connectivity index (χ4n) is 1.89. The first kappa shape index (κ1) is 13.9. The van der Waals surface area contributed by atoms with Gasteiger partial charge in [0.25, 0.3) is 0 Å². The molecule has 0 aromatic heterocycles. The van der Waals surface area contributed by atoms with Crippen LogP contribution in [0.3, 0.4) is 0 Å². The van der Waals surface area contributed by atoms with Crippen molar-refractivity contribution in [3.05, 3.63) is 0 Å². The summed E-state index contributed by atoms with van der Waals surface area (Å²) in [7, 11) is 1.73. The van der Waals surface area contributed by atoms with Gasteiger partial charge >= 0.3 is 0 Å². The summed E-state index contributed by atoms with van der Waals surface area (Å²) in [5.74, 6) is 0. The Balaban J connectivity index is 3.94. The van der Waals surface area contributed by atoms with Crippen molar-refractivity contribution in [3.63, 3.8) is 0 Å². The van der Waals surface area contributed by atoms with Crippen molar-refractivity contribution in [1.29, 1.82) is 0 Å². The lowest BCUT2D eigenvalue weighted by Crippen LogP contribution is -2.25. The van der Waals surface area contributed by atoms with Gasteiger partial charge in [0.2, 0.25) is 0 Å². The van der Waals surface area contributed by atoms with Crippen molar-refractivity contribution in [2.24, 2.45) is 5.41 Å². The molecule has 0 aromatic rings. The third-order valence-corrected chi connectivity index (χ3v) is 3.20. The van der Waals surface area contributed by atoms with Crippen LogP contribution in [-0.4, -0.2) is 25.4 Å². The Morgan fingerprint density at radius 2 is 1.79 bits per heavy atom. The molecule has 0 aromatic carbocycles. The number of rotatable bonds is 9. The molecule has 1 N–H and O–H groups in total. The normalized spacial score (nSPS) is 15.4. The van der Waals surface area contributed by atoms with Gasteiger partial charge in [-0.3, -0.25) is 0 Å². The zero-order valence-electron chi connectivity index (χ0n) is 10.0. The lowest BCUT2D eigenvalue weighted by atomic mass is 9.77. The average Bonchev–Trinajstić information content (AvgIpc) is 2.24. The molecule has 0 spiro atoms. The molecule has 0 saturated carbocycles. The first-order valence-corrected chi connectivity index (χ1v) is 5.84. The summed E-state index contributed by atoms with van der Waals surface area (Å²) in [5.41, 5.74) is 0.161. The molecule has 0 aliphatic rings. The van der Waals surface area contributed by atoms with Gasteiger partial charge in [-0.25, -0.2) is 0 Å². The highest BCUT2D eigenvalue weighted by molar-refractivity contribution is 4.76. The maximum atomic E-state index is 9.46. The minimum atomic E-state index is 0.161. The zero-order valence-corrected chi connectivity index (χ0v) is 10.0. The number of ether oxygens (including phenoxy) is 1. The third-order valence-electron chi connectivity index (χ3n) is 3.20. The molecule has 2 heteroatoms.